The van der Waals surface area contributed by atoms with Crippen molar-refractivity contribution in [3.8, 4) is 0 Å². The molecule has 1 heterocycles. The molecular weight excluding hydrogens is 603 g/mol. The van der Waals surface area contributed by atoms with Gasteiger partial charge in [-0.1, -0.05) is 151 Å². The third-order valence-electron chi connectivity index (χ3n) is 7.95. The van der Waals surface area contributed by atoms with Gasteiger partial charge < -0.3 is 20.5 Å². The van der Waals surface area contributed by atoms with E-state index in [9.17, 15) is 14.7 Å². The number of rotatable bonds is 25. The Morgan fingerprint density at radius 3 is 2.02 bits per heavy atom. The van der Waals surface area contributed by atoms with E-state index in [-0.39, 0.29) is 5.75 Å². The molecule has 1 unspecified atom stereocenters. The standard InChI is InChI=1S/C36H53N3O4S2/c1-2-3-4-5-6-7-8-9-10-11-12-13-14-15-16-20-26-37-34(40)31(43-36(41)42)28-44-35-39-33-30(24-21-25-32(33)45-35)38-27-29-22-18-17-19-23-29/h17-19,21-25,31,38H,2-16,20,26-28H2,1H3,(H,37,40)(H,41,42). The number of ether oxygens (including phenoxy) is 1. The number of unbranched alkanes of at least 4 members (excludes halogenated alkanes) is 15. The van der Waals surface area contributed by atoms with E-state index in [1.165, 1.54) is 119 Å². The Labute approximate surface area is 278 Å². The fourth-order valence-corrected chi connectivity index (χ4v) is 7.46. The fraction of sp³-hybridized carbons (Fsp3) is 0.583. The Bertz CT molecular complexity index is 1240. The van der Waals surface area contributed by atoms with Crippen molar-refractivity contribution >= 4 is 51.1 Å². The number of hydrogen-bond acceptors (Lipinski definition) is 7. The summed E-state index contributed by atoms with van der Waals surface area (Å²) in [6.45, 7) is 3.48. The van der Waals surface area contributed by atoms with Crippen LogP contribution in [0.2, 0.25) is 0 Å². The lowest BCUT2D eigenvalue weighted by Crippen LogP contribution is -2.39. The minimum atomic E-state index is -1.45. The first-order chi connectivity index (χ1) is 22.1. The smallest absolute Gasteiger partial charge is 0.450 e. The second kappa shape index (κ2) is 22.7. The number of thiazole rings is 1. The molecule has 0 bridgehead atoms. The first kappa shape index (κ1) is 36.7. The van der Waals surface area contributed by atoms with Crippen molar-refractivity contribution in [2.24, 2.45) is 0 Å². The van der Waals surface area contributed by atoms with Crippen molar-refractivity contribution in [2.45, 2.75) is 127 Å². The van der Waals surface area contributed by atoms with Gasteiger partial charge in [0.15, 0.2) is 10.4 Å². The number of benzene rings is 2. The summed E-state index contributed by atoms with van der Waals surface area (Å²) in [4.78, 5) is 28.8. The maximum absolute atomic E-state index is 12.8. The summed E-state index contributed by atoms with van der Waals surface area (Å²) >= 11 is 2.87. The van der Waals surface area contributed by atoms with Crippen molar-refractivity contribution in [1.82, 2.24) is 10.3 Å². The van der Waals surface area contributed by atoms with E-state index in [0.717, 1.165) is 33.1 Å². The van der Waals surface area contributed by atoms with Gasteiger partial charge in [0.05, 0.1) is 10.4 Å². The quantitative estimate of drug-likeness (QED) is 0.0474. The SMILES string of the molecule is CCCCCCCCCCCCCCCCCCNC(=O)C(CSc1nc2c(NCc3ccccc3)cccc2s1)OC(=O)O. The number of fused-ring (bicyclic) bond motifs is 1. The summed E-state index contributed by atoms with van der Waals surface area (Å²) in [5.41, 5.74) is 2.98. The van der Waals surface area contributed by atoms with Gasteiger partial charge in [0.2, 0.25) is 0 Å². The van der Waals surface area contributed by atoms with Gasteiger partial charge in [0, 0.05) is 18.8 Å². The van der Waals surface area contributed by atoms with Crippen molar-refractivity contribution in [3.63, 3.8) is 0 Å². The molecule has 9 heteroatoms. The van der Waals surface area contributed by atoms with Crippen LogP contribution in [0.15, 0.2) is 52.9 Å². The van der Waals surface area contributed by atoms with Gasteiger partial charge in [-0.2, -0.15) is 0 Å². The molecule has 0 radical (unpaired) electrons. The number of thioether (sulfide) groups is 1. The highest BCUT2D eigenvalue weighted by atomic mass is 32.2. The van der Waals surface area contributed by atoms with E-state index in [1.54, 1.807) is 0 Å². The number of aromatic nitrogens is 1. The fourth-order valence-electron chi connectivity index (χ4n) is 5.36. The predicted octanol–water partition coefficient (Wildman–Crippen LogP) is 10.4. The zero-order valence-electron chi connectivity index (χ0n) is 27.1. The minimum absolute atomic E-state index is 0.170. The van der Waals surface area contributed by atoms with E-state index < -0.39 is 18.2 Å². The molecule has 0 spiro atoms. The summed E-state index contributed by atoms with van der Waals surface area (Å²) in [7, 11) is 0. The molecule has 7 nitrogen and oxygen atoms in total. The number of carbonyl (C=O) groups excluding carboxylic acids is 1. The molecular formula is C36H53N3O4S2. The number of nitrogens with one attached hydrogen (secondary N) is 2. The van der Waals surface area contributed by atoms with E-state index in [1.807, 2.05) is 36.4 Å². The highest BCUT2D eigenvalue weighted by Gasteiger charge is 2.24. The van der Waals surface area contributed by atoms with E-state index in [0.29, 0.717) is 13.1 Å². The summed E-state index contributed by atoms with van der Waals surface area (Å²) in [6.07, 6.45) is 18.2. The monoisotopic (exact) mass is 655 g/mol. The largest absolute Gasteiger partial charge is 0.506 e. The third kappa shape index (κ3) is 15.4. The van der Waals surface area contributed by atoms with Gasteiger partial charge in [0.25, 0.3) is 5.91 Å². The summed E-state index contributed by atoms with van der Waals surface area (Å²) in [5.74, 6) is -0.221. The van der Waals surface area contributed by atoms with Crippen LogP contribution < -0.4 is 10.6 Å². The highest BCUT2D eigenvalue weighted by molar-refractivity contribution is 8.01. The molecule has 0 aliphatic carbocycles. The van der Waals surface area contributed by atoms with E-state index in [4.69, 9.17) is 9.72 Å². The van der Waals surface area contributed by atoms with Crippen molar-refractivity contribution < 1.29 is 19.4 Å². The molecule has 0 saturated carbocycles. The molecule has 3 rings (SSSR count). The van der Waals surface area contributed by atoms with Crippen molar-refractivity contribution in [3.05, 3.63) is 54.1 Å². The second-order valence-electron chi connectivity index (χ2n) is 11.7. The summed E-state index contributed by atoms with van der Waals surface area (Å²) < 4.78 is 6.75. The number of nitrogens with zero attached hydrogens (tertiary/aromatic N) is 1. The Balaban J connectivity index is 1.28. The minimum Gasteiger partial charge on any atom is -0.450 e. The zero-order valence-corrected chi connectivity index (χ0v) is 28.7. The Morgan fingerprint density at radius 2 is 1.42 bits per heavy atom. The maximum atomic E-state index is 12.8. The Morgan fingerprint density at radius 1 is 0.822 bits per heavy atom. The topological polar surface area (TPSA) is 101 Å². The summed E-state index contributed by atoms with van der Waals surface area (Å²) in [5, 5.41) is 15.6. The first-order valence-corrected chi connectivity index (χ1v) is 18.8. The third-order valence-corrected chi connectivity index (χ3v) is 10.2. The van der Waals surface area contributed by atoms with Crippen LogP contribution in [-0.4, -0.2) is 40.6 Å². The normalized spacial score (nSPS) is 11.8. The molecule has 248 valence electrons. The number of carbonyl (C=O) groups is 2. The number of para-hydroxylation sites is 1. The first-order valence-electron chi connectivity index (χ1n) is 17.0. The highest BCUT2D eigenvalue weighted by Crippen LogP contribution is 2.34. The molecule has 0 aliphatic rings. The molecule has 3 N–H and O–H groups in total. The molecule has 2 aromatic carbocycles. The lowest BCUT2D eigenvalue weighted by Gasteiger charge is -2.15. The van der Waals surface area contributed by atoms with Crippen molar-refractivity contribution in [2.75, 3.05) is 17.6 Å². The van der Waals surface area contributed by atoms with Gasteiger partial charge >= 0.3 is 6.16 Å². The lowest BCUT2D eigenvalue weighted by atomic mass is 10.0. The number of carboxylic acid groups (broad SMARTS) is 1. The molecule has 0 fully saturated rings. The molecule has 0 aliphatic heterocycles. The van der Waals surface area contributed by atoms with Crippen molar-refractivity contribution in [1.29, 1.82) is 0 Å². The molecule has 3 aromatic rings. The van der Waals surface area contributed by atoms with Gasteiger partial charge in [-0.25, -0.2) is 9.78 Å². The van der Waals surface area contributed by atoms with E-state index >= 15 is 0 Å². The maximum Gasteiger partial charge on any atom is 0.506 e. The Hall–Kier alpha value is -2.78. The van der Waals surface area contributed by atoms with Crippen LogP contribution in [0, 0.1) is 0 Å². The predicted molar refractivity (Wildman–Crippen MR) is 190 cm³/mol. The van der Waals surface area contributed by atoms with Crippen LogP contribution in [0.5, 0.6) is 0 Å². The van der Waals surface area contributed by atoms with Crippen LogP contribution >= 0.6 is 23.1 Å². The van der Waals surface area contributed by atoms with Crippen LogP contribution in [0.1, 0.15) is 115 Å². The molecule has 0 saturated heterocycles. The number of hydrogen-bond donors (Lipinski definition) is 3. The van der Waals surface area contributed by atoms with Crippen LogP contribution in [0.25, 0.3) is 10.2 Å². The van der Waals surface area contributed by atoms with E-state index in [2.05, 4.69) is 29.7 Å². The van der Waals surface area contributed by atoms with Crippen LogP contribution in [-0.2, 0) is 16.1 Å². The van der Waals surface area contributed by atoms with Gasteiger partial charge in [-0.3, -0.25) is 4.79 Å². The summed E-state index contributed by atoms with van der Waals surface area (Å²) in [6, 6.07) is 16.2. The molecule has 1 aromatic heterocycles. The van der Waals surface area contributed by atoms with Gasteiger partial charge in [-0.15, -0.1) is 11.3 Å². The van der Waals surface area contributed by atoms with Crippen LogP contribution in [0.4, 0.5) is 10.5 Å². The average Bonchev–Trinajstić information content (AvgIpc) is 3.47. The second-order valence-corrected chi connectivity index (χ2v) is 14.0. The zero-order chi connectivity index (χ0) is 32.0. The average molecular weight is 656 g/mol. The molecule has 1 amide bonds. The van der Waals surface area contributed by atoms with Gasteiger partial charge in [-0.05, 0) is 24.1 Å². The Kier molecular flexibility index (Phi) is 18.5. The number of anilines is 1. The molecule has 1 atom stereocenters. The molecule has 45 heavy (non-hydrogen) atoms. The number of amides is 1. The van der Waals surface area contributed by atoms with Crippen LogP contribution in [0.3, 0.4) is 0 Å². The lowest BCUT2D eigenvalue weighted by molar-refractivity contribution is -0.129. The van der Waals surface area contributed by atoms with Gasteiger partial charge in [0.1, 0.15) is 5.52 Å².